The molecule has 0 aliphatic heterocycles. The molecular formula is C21H26N2O4S. The second-order valence-corrected chi connectivity index (χ2v) is 6.43. The SMILES string of the molecule is CCOC(=O)c1cccc(NC(=S)NCCc2ccc(OC)c(OC)c2)c1C. The van der Waals surface area contributed by atoms with Crippen molar-refractivity contribution in [2.24, 2.45) is 0 Å². The van der Waals surface area contributed by atoms with Crippen molar-refractivity contribution in [1.29, 1.82) is 0 Å². The summed E-state index contributed by atoms with van der Waals surface area (Å²) in [5.74, 6) is 1.07. The van der Waals surface area contributed by atoms with Gasteiger partial charge in [-0.1, -0.05) is 12.1 Å². The zero-order valence-corrected chi connectivity index (χ0v) is 17.4. The monoisotopic (exact) mass is 402 g/mol. The van der Waals surface area contributed by atoms with Crippen molar-refractivity contribution in [2.75, 3.05) is 32.7 Å². The number of nitrogens with one attached hydrogen (secondary N) is 2. The molecule has 6 nitrogen and oxygen atoms in total. The standard InChI is InChI=1S/C21H26N2O4S/c1-5-27-20(24)16-7-6-8-17(14(16)2)23-21(28)22-12-11-15-9-10-18(25-3)19(13-15)26-4/h6-10,13H,5,11-12H2,1-4H3,(H2,22,23,28). The molecule has 0 aliphatic carbocycles. The molecule has 2 N–H and O–H groups in total. The summed E-state index contributed by atoms with van der Waals surface area (Å²) in [6.07, 6.45) is 0.768. The highest BCUT2D eigenvalue weighted by molar-refractivity contribution is 7.80. The molecule has 2 aromatic rings. The maximum Gasteiger partial charge on any atom is 0.338 e. The number of carbonyl (C=O) groups is 1. The number of hydrogen-bond acceptors (Lipinski definition) is 5. The van der Waals surface area contributed by atoms with Crippen molar-refractivity contribution in [3.63, 3.8) is 0 Å². The number of esters is 1. The van der Waals surface area contributed by atoms with E-state index < -0.39 is 0 Å². The Morgan fingerprint density at radius 2 is 1.86 bits per heavy atom. The van der Waals surface area contributed by atoms with Gasteiger partial charge < -0.3 is 24.8 Å². The van der Waals surface area contributed by atoms with Gasteiger partial charge in [0.05, 0.1) is 26.4 Å². The molecule has 2 aromatic carbocycles. The Kier molecular flexibility index (Phi) is 8.07. The Hall–Kier alpha value is -2.80. The fourth-order valence-corrected chi connectivity index (χ4v) is 2.94. The number of thiocarbonyl (C=S) groups is 1. The Labute approximate surface area is 171 Å². The fourth-order valence-electron chi connectivity index (χ4n) is 2.72. The lowest BCUT2D eigenvalue weighted by molar-refractivity contribution is 0.0525. The summed E-state index contributed by atoms with van der Waals surface area (Å²) in [6.45, 7) is 4.64. The normalized spacial score (nSPS) is 10.1. The van der Waals surface area contributed by atoms with Gasteiger partial charge in [0, 0.05) is 12.2 Å². The molecule has 2 rings (SSSR count). The summed E-state index contributed by atoms with van der Waals surface area (Å²) in [4.78, 5) is 12.0. The van der Waals surface area contributed by atoms with Gasteiger partial charge in [0.15, 0.2) is 16.6 Å². The minimum atomic E-state index is -0.337. The molecule has 0 atom stereocenters. The highest BCUT2D eigenvalue weighted by Gasteiger charge is 2.13. The number of anilines is 1. The van der Waals surface area contributed by atoms with Gasteiger partial charge in [-0.2, -0.15) is 0 Å². The van der Waals surface area contributed by atoms with E-state index in [9.17, 15) is 4.79 Å². The lowest BCUT2D eigenvalue weighted by atomic mass is 10.1. The van der Waals surface area contributed by atoms with Crippen molar-refractivity contribution in [3.8, 4) is 11.5 Å². The van der Waals surface area contributed by atoms with E-state index in [1.807, 2.05) is 31.2 Å². The van der Waals surface area contributed by atoms with Crippen LogP contribution in [0.1, 0.15) is 28.4 Å². The molecule has 0 aromatic heterocycles. The predicted molar refractivity (Wildman–Crippen MR) is 115 cm³/mol. The lowest BCUT2D eigenvalue weighted by Crippen LogP contribution is -2.30. The Morgan fingerprint density at radius 3 is 2.54 bits per heavy atom. The van der Waals surface area contributed by atoms with Gasteiger partial charge in [0.2, 0.25) is 0 Å². The Balaban J connectivity index is 1.93. The van der Waals surface area contributed by atoms with E-state index in [1.54, 1.807) is 33.3 Å². The first-order valence-electron chi connectivity index (χ1n) is 9.02. The number of carbonyl (C=O) groups excluding carboxylic acids is 1. The number of ether oxygens (including phenoxy) is 3. The summed E-state index contributed by atoms with van der Waals surface area (Å²) in [6, 6.07) is 11.2. The molecule has 0 bridgehead atoms. The first kappa shape index (κ1) is 21.5. The quantitative estimate of drug-likeness (QED) is 0.515. The van der Waals surface area contributed by atoms with Crippen LogP contribution in [0, 0.1) is 6.92 Å². The second-order valence-electron chi connectivity index (χ2n) is 6.02. The van der Waals surface area contributed by atoms with E-state index >= 15 is 0 Å². The predicted octanol–water partition coefficient (Wildman–Crippen LogP) is 3.72. The van der Waals surface area contributed by atoms with Gasteiger partial charge in [-0.05, 0) is 67.9 Å². The van der Waals surface area contributed by atoms with Crippen LogP contribution >= 0.6 is 12.2 Å². The van der Waals surface area contributed by atoms with Crippen LogP contribution < -0.4 is 20.1 Å². The first-order chi connectivity index (χ1) is 13.5. The van der Waals surface area contributed by atoms with E-state index in [4.69, 9.17) is 26.4 Å². The zero-order chi connectivity index (χ0) is 20.5. The molecule has 0 radical (unpaired) electrons. The third-order valence-electron chi connectivity index (χ3n) is 4.22. The zero-order valence-electron chi connectivity index (χ0n) is 16.6. The molecule has 0 saturated carbocycles. The Bertz CT molecular complexity index is 839. The summed E-state index contributed by atoms with van der Waals surface area (Å²) in [5.41, 5.74) is 3.20. The van der Waals surface area contributed by atoms with Crippen LogP contribution in [0.15, 0.2) is 36.4 Å². The summed E-state index contributed by atoms with van der Waals surface area (Å²) in [7, 11) is 3.23. The molecule has 0 spiro atoms. The van der Waals surface area contributed by atoms with Crippen molar-refractivity contribution in [2.45, 2.75) is 20.3 Å². The largest absolute Gasteiger partial charge is 0.493 e. The van der Waals surface area contributed by atoms with Crippen LogP contribution in [0.2, 0.25) is 0 Å². The number of hydrogen-bond donors (Lipinski definition) is 2. The molecule has 0 amide bonds. The summed E-state index contributed by atoms with van der Waals surface area (Å²) in [5, 5.41) is 6.81. The highest BCUT2D eigenvalue weighted by Crippen LogP contribution is 2.27. The van der Waals surface area contributed by atoms with Crippen LogP contribution in [0.3, 0.4) is 0 Å². The third kappa shape index (κ3) is 5.60. The van der Waals surface area contributed by atoms with Gasteiger partial charge in [0.25, 0.3) is 0 Å². The third-order valence-corrected chi connectivity index (χ3v) is 4.47. The van der Waals surface area contributed by atoms with Gasteiger partial charge >= 0.3 is 5.97 Å². The smallest absolute Gasteiger partial charge is 0.338 e. The van der Waals surface area contributed by atoms with Crippen molar-refractivity contribution >= 4 is 29.0 Å². The van der Waals surface area contributed by atoms with Gasteiger partial charge in [-0.15, -0.1) is 0 Å². The molecule has 0 unspecified atom stereocenters. The van der Waals surface area contributed by atoms with Crippen LogP contribution in [-0.4, -0.2) is 38.5 Å². The average Bonchev–Trinajstić information content (AvgIpc) is 2.69. The van der Waals surface area contributed by atoms with Crippen LogP contribution in [0.4, 0.5) is 5.69 Å². The maximum atomic E-state index is 12.0. The van der Waals surface area contributed by atoms with Gasteiger partial charge in [-0.25, -0.2) is 4.79 Å². The van der Waals surface area contributed by atoms with Crippen molar-refractivity contribution < 1.29 is 19.0 Å². The molecule has 28 heavy (non-hydrogen) atoms. The molecule has 0 heterocycles. The molecule has 7 heteroatoms. The van der Waals surface area contributed by atoms with Gasteiger partial charge in [-0.3, -0.25) is 0 Å². The number of benzene rings is 2. The minimum absolute atomic E-state index is 0.337. The summed E-state index contributed by atoms with van der Waals surface area (Å²) >= 11 is 5.38. The summed E-state index contributed by atoms with van der Waals surface area (Å²) < 4.78 is 15.7. The molecule has 150 valence electrons. The first-order valence-corrected chi connectivity index (χ1v) is 9.43. The second kappa shape index (κ2) is 10.5. The number of rotatable bonds is 8. The topological polar surface area (TPSA) is 68.8 Å². The number of methoxy groups -OCH3 is 2. The van der Waals surface area contributed by atoms with Gasteiger partial charge in [0.1, 0.15) is 0 Å². The molecular weight excluding hydrogens is 376 g/mol. The van der Waals surface area contributed by atoms with E-state index in [0.717, 1.165) is 23.2 Å². The van der Waals surface area contributed by atoms with Crippen LogP contribution in [0.5, 0.6) is 11.5 Å². The van der Waals surface area contributed by atoms with E-state index in [-0.39, 0.29) is 5.97 Å². The Morgan fingerprint density at radius 1 is 1.11 bits per heavy atom. The van der Waals surface area contributed by atoms with Crippen molar-refractivity contribution in [1.82, 2.24) is 5.32 Å². The van der Waals surface area contributed by atoms with E-state index in [1.165, 1.54) is 0 Å². The molecule has 0 saturated heterocycles. The highest BCUT2D eigenvalue weighted by atomic mass is 32.1. The lowest BCUT2D eigenvalue weighted by Gasteiger charge is -2.15. The van der Waals surface area contributed by atoms with Crippen LogP contribution in [0.25, 0.3) is 0 Å². The van der Waals surface area contributed by atoms with E-state index in [2.05, 4.69) is 10.6 Å². The molecule has 0 aliphatic rings. The average molecular weight is 403 g/mol. The minimum Gasteiger partial charge on any atom is -0.493 e. The molecule has 0 fully saturated rings. The van der Waals surface area contributed by atoms with Crippen molar-refractivity contribution in [3.05, 3.63) is 53.1 Å². The fraction of sp³-hybridized carbons (Fsp3) is 0.333. The van der Waals surface area contributed by atoms with Crippen LogP contribution in [-0.2, 0) is 11.2 Å². The maximum absolute atomic E-state index is 12.0. The van der Waals surface area contributed by atoms with E-state index in [0.29, 0.717) is 35.3 Å².